The summed E-state index contributed by atoms with van der Waals surface area (Å²) in [5, 5.41) is 7.14. The Morgan fingerprint density at radius 3 is 3.00 bits per heavy atom. The fourth-order valence-corrected chi connectivity index (χ4v) is 2.26. The van der Waals surface area contributed by atoms with Crippen LogP contribution >= 0.6 is 15.9 Å². The number of guanidine groups is 1. The Bertz CT molecular complexity index is 524. The molecule has 1 aliphatic heterocycles. The van der Waals surface area contributed by atoms with Crippen LogP contribution in [0.5, 0.6) is 0 Å². The summed E-state index contributed by atoms with van der Waals surface area (Å²) in [6.07, 6.45) is 2.45. The van der Waals surface area contributed by atoms with Gasteiger partial charge in [-0.1, -0.05) is 0 Å². The highest BCUT2D eigenvalue weighted by molar-refractivity contribution is 9.10. The Morgan fingerprint density at radius 1 is 1.57 bits per heavy atom. The van der Waals surface area contributed by atoms with Gasteiger partial charge in [0.05, 0.1) is 37.1 Å². The van der Waals surface area contributed by atoms with Crippen LogP contribution in [0.25, 0.3) is 0 Å². The van der Waals surface area contributed by atoms with E-state index in [9.17, 15) is 4.79 Å². The molecule has 0 radical (unpaired) electrons. The molecule has 1 aromatic rings. The van der Waals surface area contributed by atoms with Gasteiger partial charge in [0.15, 0.2) is 5.82 Å². The number of halogens is 1. The Hall–Kier alpha value is -1.58. The summed E-state index contributed by atoms with van der Waals surface area (Å²) in [5.41, 5.74) is 0. The topological polar surface area (TPSA) is 84.1 Å². The number of morpholine rings is 1. The van der Waals surface area contributed by atoms with Crippen molar-refractivity contribution in [1.82, 2.24) is 20.0 Å². The van der Waals surface area contributed by atoms with Gasteiger partial charge in [-0.05, 0) is 22.6 Å². The lowest BCUT2D eigenvalue weighted by Crippen LogP contribution is -2.39. The first-order valence-electron chi connectivity index (χ1n) is 6.50. The highest BCUT2D eigenvalue weighted by Gasteiger charge is 2.16. The lowest BCUT2D eigenvalue weighted by Gasteiger charge is -2.27. The number of nitrogens with zero attached hydrogens (tertiary/aromatic N) is 5. The van der Waals surface area contributed by atoms with E-state index in [1.807, 2.05) is 4.90 Å². The molecule has 8 nitrogen and oxygen atoms in total. The summed E-state index contributed by atoms with van der Waals surface area (Å²) >= 11 is 3.41. The van der Waals surface area contributed by atoms with Crippen LogP contribution in [0.2, 0.25) is 0 Å². The number of aromatic nitrogens is 2. The molecule has 0 aromatic carbocycles. The van der Waals surface area contributed by atoms with E-state index < -0.39 is 0 Å². The van der Waals surface area contributed by atoms with Crippen molar-refractivity contribution in [3.05, 3.63) is 10.7 Å². The summed E-state index contributed by atoms with van der Waals surface area (Å²) in [7, 11) is 0. The van der Waals surface area contributed by atoms with Gasteiger partial charge < -0.3 is 14.4 Å². The van der Waals surface area contributed by atoms with Crippen molar-refractivity contribution in [3.8, 4) is 0 Å². The van der Waals surface area contributed by atoms with Crippen LogP contribution < -0.4 is 5.32 Å². The smallest absolute Gasteiger partial charge is 0.226 e. The molecule has 21 heavy (non-hydrogen) atoms. The number of nitrogens with one attached hydrogen (secondary N) is 1. The van der Waals surface area contributed by atoms with Crippen molar-refractivity contribution in [2.24, 2.45) is 9.98 Å². The van der Waals surface area contributed by atoms with E-state index in [2.05, 4.69) is 43.0 Å². The average Bonchev–Trinajstić information content (AvgIpc) is 2.86. The molecule has 1 aromatic heterocycles. The van der Waals surface area contributed by atoms with Gasteiger partial charge >= 0.3 is 0 Å². The third-order valence-corrected chi connectivity index (χ3v) is 3.46. The van der Waals surface area contributed by atoms with Crippen LogP contribution in [0, 0.1) is 0 Å². The standard InChI is InChI=1S/C12H17BrN6O2/c1-14-12(18-3-6-21-7-4-18)17-11-10(13)8-16-19(11)9-15-2-5-20/h5,8,15H,1-4,6-7,9H2. The van der Waals surface area contributed by atoms with Crippen LogP contribution in [0.3, 0.4) is 0 Å². The molecule has 0 aliphatic carbocycles. The predicted molar refractivity (Wildman–Crippen MR) is 83.0 cm³/mol. The molecule has 1 aliphatic rings. The van der Waals surface area contributed by atoms with Gasteiger partial charge in [-0.2, -0.15) is 10.1 Å². The van der Waals surface area contributed by atoms with E-state index >= 15 is 0 Å². The van der Waals surface area contributed by atoms with Crippen molar-refractivity contribution in [3.63, 3.8) is 0 Å². The molecule has 0 bridgehead atoms. The number of hydrogen-bond acceptors (Lipinski definition) is 5. The van der Waals surface area contributed by atoms with Gasteiger partial charge in [0, 0.05) is 13.1 Å². The molecule has 1 saturated heterocycles. The zero-order valence-corrected chi connectivity index (χ0v) is 13.1. The zero-order chi connectivity index (χ0) is 15.1. The summed E-state index contributed by atoms with van der Waals surface area (Å²) in [6, 6.07) is 0. The number of hydrogen-bond donors (Lipinski definition) is 1. The molecule has 0 saturated carbocycles. The molecule has 9 heteroatoms. The van der Waals surface area contributed by atoms with Crippen molar-refractivity contribution >= 4 is 40.7 Å². The molecular formula is C12H17BrN6O2. The number of aldehydes is 1. The maximum atomic E-state index is 10.3. The van der Waals surface area contributed by atoms with E-state index in [-0.39, 0.29) is 6.54 Å². The maximum Gasteiger partial charge on any atom is 0.226 e. The normalized spacial score (nSPS) is 16.0. The Balaban J connectivity index is 2.18. The van der Waals surface area contributed by atoms with Crippen LogP contribution in [-0.4, -0.2) is 66.5 Å². The van der Waals surface area contributed by atoms with Crippen molar-refractivity contribution in [2.75, 3.05) is 32.8 Å². The molecular weight excluding hydrogens is 340 g/mol. The van der Waals surface area contributed by atoms with Crippen molar-refractivity contribution in [1.29, 1.82) is 0 Å². The Morgan fingerprint density at radius 2 is 2.33 bits per heavy atom. The molecule has 1 N–H and O–H groups in total. The van der Waals surface area contributed by atoms with Crippen LogP contribution in [0.4, 0.5) is 5.82 Å². The number of carbonyl (C=O) groups excluding carboxylic acids is 1. The van der Waals surface area contributed by atoms with Gasteiger partial charge in [-0.25, -0.2) is 9.67 Å². The van der Waals surface area contributed by atoms with Gasteiger partial charge in [-0.15, -0.1) is 0 Å². The number of rotatable bonds is 5. The van der Waals surface area contributed by atoms with Gasteiger partial charge in [0.25, 0.3) is 0 Å². The molecule has 1 fully saturated rings. The summed E-state index contributed by atoms with van der Waals surface area (Å²) in [4.78, 5) is 20.9. The zero-order valence-electron chi connectivity index (χ0n) is 11.5. The van der Waals surface area contributed by atoms with E-state index in [0.717, 1.165) is 23.8 Å². The predicted octanol–water partition coefficient (Wildman–Crippen LogP) is 0.412. The van der Waals surface area contributed by atoms with Gasteiger partial charge in [-0.3, -0.25) is 5.32 Å². The molecule has 0 spiro atoms. The molecule has 0 atom stereocenters. The van der Waals surface area contributed by atoms with E-state index in [1.165, 1.54) is 0 Å². The third-order valence-electron chi connectivity index (χ3n) is 2.90. The van der Waals surface area contributed by atoms with Crippen molar-refractivity contribution in [2.45, 2.75) is 6.67 Å². The minimum absolute atomic E-state index is 0.261. The summed E-state index contributed by atoms with van der Waals surface area (Å²) < 4.78 is 7.72. The lowest BCUT2D eigenvalue weighted by atomic mass is 10.4. The summed E-state index contributed by atoms with van der Waals surface area (Å²) in [6.45, 7) is 6.98. The molecule has 2 rings (SSSR count). The minimum Gasteiger partial charge on any atom is -0.378 e. The summed E-state index contributed by atoms with van der Waals surface area (Å²) in [5.74, 6) is 1.17. The van der Waals surface area contributed by atoms with Crippen LogP contribution in [0.1, 0.15) is 0 Å². The lowest BCUT2D eigenvalue weighted by molar-refractivity contribution is -0.107. The highest BCUT2D eigenvalue weighted by atomic mass is 79.9. The van der Waals surface area contributed by atoms with Gasteiger partial charge in [0.2, 0.25) is 5.96 Å². The fraction of sp³-hybridized carbons (Fsp3) is 0.500. The second kappa shape index (κ2) is 8.01. The second-order valence-electron chi connectivity index (χ2n) is 4.26. The van der Waals surface area contributed by atoms with Crippen molar-refractivity contribution < 1.29 is 9.53 Å². The maximum absolute atomic E-state index is 10.3. The number of carbonyl (C=O) groups is 1. The van der Waals surface area contributed by atoms with E-state index in [1.54, 1.807) is 10.9 Å². The molecule has 2 heterocycles. The first-order valence-corrected chi connectivity index (χ1v) is 7.29. The number of ether oxygens (including phenoxy) is 1. The first kappa shape index (κ1) is 15.8. The third kappa shape index (κ3) is 4.19. The highest BCUT2D eigenvalue weighted by Crippen LogP contribution is 2.25. The van der Waals surface area contributed by atoms with Crippen LogP contribution in [0.15, 0.2) is 20.7 Å². The van der Waals surface area contributed by atoms with E-state index in [4.69, 9.17) is 4.74 Å². The molecule has 114 valence electrons. The van der Waals surface area contributed by atoms with Crippen LogP contribution in [-0.2, 0) is 16.2 Å². The molecule has 0 unspecified atom stereocenters. The monoisotopic (exact) mass is 356 g/mol. The fourth-order valence-electron chi connectivity index (χ4n) is 1.88. The second-order valence-corrected chi connectivity index (χ2v) is 5.12. The molecule has 0 amide bonds. The Labute approximate surface area is 131 Å². The Kier molecular flexibility index (Phi) is 6.03. The average molecular weight is 357 g/mol. The van der Waals surface area contributed by atoms with Gasteiger partial charge in [0.1, 0.15) is 6.29 Å². The van der Waals surface area contributed by atoms with E-state index in [0.29, 0.717) is 31.7 Å². The largest absolute Gasteiger partial charge is 0.378 e. The minimum atomic E-state index is 0.261. The first-order chi connectivity index (χ1) is 10.3. The quantitative estimate of drug-likeness (QED) is 0.357. The number of aliphatic imine (C=N–C) groups is 2. The SMILES string of the molecule is C=NC(=Nc1c(Br)cnn1CNCC=O)N1CCOCC1.